The SMILES string of the molecule is CC1=C(c2nsc3ccccc23)N2CCN=C2S1. The van der Waals surface area contributed by atoms with Crippen LogP contribution in [0.3, 0.4) is 0 Å². The van der Waals surface area contributed by atoms with Gasteiger partial charge in [0.1, 0.15) is 5.69 Å². The molecule has 0 bridgehead atoms. The van der Waals surface area contributed by atoms with Crippen molar-refractivity contribution in [1.29, 1.82) is 0 Å². The van der Waals surface area contributed by atoms with Crippen molar-refractivity contribution < 1.29 is 0 Å². The summed E-state index contributed by atoms with van der Waals surface area (Å²) < 4.78 is 5.91. The highest BCUT2D eigenvalue weighted by Gasteiger charge is 2.32. The number of amidine groups is 1. The lowest BCUT2D eigenvalue weighted by atomic mass is 10.1. The smallest absolute Gasteiger partial charge is 0.168 e. The number of fused-ring (bicyclic) bond motifs is 2. The van der Waals surface area contributed by atoms with E-state index in [1.807, 2.05) is 0 Å². The third-order valence-corrected chi connectivity index (χ3v) is 5.11. The molecule has 3 heterocycles. The number of benzene rings is 1. The van der Waals surface area contributed by atoms with Gasteiger partial charge in [-0.2, -0.15) is 4.37 Å². The summed E-state index contributed by atoms with van der Waals surface area (Å²) in [5.74, 6) is 0. The molecule has 0 spiro atoms. The Kier molecular flexibility index (Phi) is 2.25. The average molecular weight is 273 g/mol. The third kappa shape index (κ3) is 1.37. The van der Waals surface area contributed by atoms with Crippen molar-refractivity contribution in [2.24, 2.45) is 4.99 Å². The van der Waals surface area contributed by atoms with Crippen molar-refractivity contribution in [1.82, 2.24) is 9.27 Å². The van der Waals surface area contributed by atoms with Crippen LogP contribution in [0.15, 0.2) is 34.2 Å². The molecule has 0 saturated carbocycles. The van der Waals surface area contributed by atoms with E-state index in [4.69, 9.17) is 0 Å². The Morgan fingerprint density at radius 2 is 2.17 bits per heavy atom. The van der Waals surface area contributed by atoms with Crippen LogP contribution < -0.4 is 0 Å². The number of allylic oxidation sites excluding steroid dienone is 1. The highest BCUT2D eigenvalue weighted by molar-refractivity contribution is 8.17. The van der Waals surface area contributed by atoms with E-state index in [9.17, 15) is 0 Å². The van der Waals surface area contributed by atoms with E-state index in [2.05, 4.69) is 45.5 Å². The molecule has 2 aromatic rings. The number of rotatable bonds is 1. The Bertz CT molecular complexity index is 699. The number of hydrogen-bond acceptors (Lipinski definition) is 5. The first kappa shape index (κ1) is 10.6. The maximum absolute atomic E-state index is 4.66. The Labute approximate surface area is 113 Å². The van der Waals surface area contributed by atoms with Crippen molar-refractivity contribution in [2.45, 2.75) is 6.92 Å². The summed E-state index contributed by atoms with van der Waals surface area (Å²) in [5.41, 5.74) is 2.38. The van der Waals surface area contributed by atoms with Gasteiger partial charge in [0.05, 0.1) is 16.9 Å². The van der Waals surface area contributed by atoms with Gasteiger partial charge < -0.3 is 4.90 Å². The Morgan fingerprint density at radius 3 is 3.11 bits per heavy atom. The van der Waals surface area contributed by atoms with Crippen molar-refractivity contribution in [3.63, 3.8) is 0 Å². The van der Waals surface area contributed by atoms with Crippen LogP contribution in [0.5, 0.6) is 0 Å². The van der Waals surface area contributed by atoms with E-state index in [0.717, 1.165) is 24.0 Å². The van der Waals surface area contributed by atoms with Gasteiger partial charge in [-0.3, -0.25) is 4.99 Å². The normalized spacial score (nSPS) is 18.7. The van der Waals surface area contributed by atoms with Crippen LogP contribution in [-0.2, 0) is 0 Å². The second-order valence-electron chi connectivity index (χ2n) is 4.35. The third-order valence-electron chi connectivity index (χ3n) is 3.25. The summed E-state index contributed by atoms with van der Waals surface area (Å²) in [6, 6.07) is 8.44. The zero-order valence-electron chi connectivity index (χ0n) is 9.88. The molecule has 0 amide bonds. The maximum Gasteiger partial charge on any atom is 0.168 e. The number of nitrogens with zero attached hydrogens (tertiary/aromatic N) is 3. The van der Waals surface area contributed by atoms with Crippen molar-refractivity contribution in [3.05, 3.63) is 34.9 Å². The highest BCUT2D eigenvalue weighted by Crippen LogP contribution is 2.43. The monoisotopic (exact) mass is 273 g/mol. The standard InChI is InChI=1S/C13H11N3S2/c1-8-12(16-7-6-14-13(16)17-8)11-9-4-2-3-5-10(9)18-15-11/h2-5H,6-7H2,1H3. The molecule has 0 atom stereocenters. The lowest BCUT2D eigenvalue weighted by Gasteiger charge is -2.15. The quantitative estimate of drug-likeness (QED) is 0.797. The summed E-state index contributed by atoms with van der Waals surface area (Å²) in [6.45, 7) is 4.05. The largest absolute Gasteiger partial charge is 0.316 e. The molecule has 5 heteroatoms. The van der Waals surface area contributed by atoms with Crippen molar-refractivity contribution >= 4 is 44.2 Å². The lowest BCUT2D eigenvalue weighted by molar-refractivity contribution is 0.646. The van der Waals surface area contributed by atoms with Crippen LogP contribution in [0.2, 0.25) is 0 Å². The van der Waals surface area contributed by atoms with Crippen LogP contribution >= 0.6 is 23.3 Å². The Morgan fingerprint density at radius 1 is 1.28 bits per heavy atom. The zero-order chi connectivity index (χ0) is 12.1. The molecule has 0 fully saturated rings. The second-order valence-corrected chi connectivity index (χ2v) is 6.34. The van der Waals surface area contributed by atoms with Gasteiger partial charge in [0.2, 0.25) is 0 Å². The first-order valence-corrected chi connectivity index (χ1v) is 7.49. The van der Waals surface area contributed by atoms with E-state index in [1.165, 1.54) is 20.7 Å². The summed E-state index contributed by atoms with van der Waals surface area (Å²) in [5, 5.41) is 2.39. The summed E-state index contributed by atoms with van der Waals surface area (Å²) in [6.07, 6.45) is 0. The van der Waals surface area contributed by atoms with Gasteiger partial charge in [0, 0.05) is 16.8 Å². The van der Waals surface area contributed by atoms with Crippen LogP contribution in [0.25, 0.3) is 15.8 Å². The van der Waals surface area contributed by atoms with Gasteiger partial charge in [0.25, 0.3) is 0 Å². The fourth-order valence-corrected chi connectivity index (χ4v) is 4.25. The van der Waals surface area contributed by atoms with E-state index >= 15 is 0 Å². The molecule has 90 valence electrons. The van der Waals surface area contributed by atoms with E-state index in [-0.39, 0.29) is 0 Å². The lowest BCUT2D eigenvalue weighted by Crippen LogP contribution is -2.20. The van der Waals surface area contributed by atoms with E-state index in [0.29, 0.717) is 0 Å². The topological polar surface area (TPSA) is 28.5 Å². The minimum atomic E-state index is 0.904. The van der Waals surface area contributed by atoms with Gasteiger partial charge in [0.15, 0.2) is 5.17 Å². The Balaban J connectivity index is 1.93. The molecule has 0 aliphatic carbocycles. The first-order chi connectivity index (χ1) is 8.84. The van der Waals surface area contributed by atoms with Gasteiger partial charge in [-0.25, -0.2) is 0 Å². The molecule has 4 rings (SSSR count). The van der Waals surface area contributed by atoms with Crippen LogP contribution in [-0.4, -0.2) is 27.5 Å². The molecule has 2 aliphatic heterocycles. The number of thioether (sulfide) groups is 1. The van der Waals surface area contributed by atoms with Gasteiger partial charge >= 0.3 is 0 Å². The molecule has 0 saturated heterocycles. The molecule has 0 N–H and O–H groups in total. The minimum Gasteiger partial charge on any atom is -0.316 e. The fourth-order valence-electron chi connectivity index (χ4n) is 2.45. The average Bonchev–Trinajstić information content (AvgIpc) is 3.03. The molecule has 18 heavy (non-hydrogen) atoms. The first-order valence-electron chi connectivity index (χ1n) is 5.90. The molecule has 2 aliphatic rings. The zero-order valence-corrected chi connectivity index (χ0v) is 11.5. The summed E-state index contributed by atoms with van der Waals surface area (Å²) in [4.78, 5) is 8.14. The second kappa shape index (κ2) is 3.83. The minimum absolute atomic E-state index is 0.904. The molecular weight excluding hydrogens is 262 g/mol. The number of hydrogen-bond donors (Lipinski definition) is 0. The fraction of sp³-hybridized carbons (Fsp3) is 0.231. The number of aliphatic imine (C=N–C) groups is 1. The van der Waals surface area contributed by atoms with Crippen LogP contribution in [0.4, 0.5) is 0 Å². The van der Waals surface area contributed by atoms with Crippen molar-refractivity contribution in [2.75, 3.05) is 13.1 Å². The number of aromatic nitrogens is 1. The van der Waals surface area contributed by atoms with Gasteiger partial charge in [-0.15, -0.1) is 0 Å². The van der Waals surface area contributed by atoms with Crippen molar-refractivity contribution in [3.8, 4) is 0 Å². The summed E-state index contributed by atoms with van der Waals surface area (Å²) in [7, 11) is 0. The van der Waals surface area contributed by atoms with Gasteiger partial charge in [-0.05, 0) is 24.5 Å². The molecule has 1 aromatic heterocycles. The predicted octanol–water partition coefficient (Wildman–Crippen LogP) is 3.40. The molecule has 0 unspecified atom stereocenters. The van der Waals surface area contributed by atoms with Crippen LogP contribution in [0, 0.1) is 0 Å². The maximum atomic E-state index is 4.66. The van der Waals surface area contributed by atoms with E-state index < -0.39 is 0 Å². The molecular formula is C13H11N3S2. The summed E-state index contributed by atoms with van der Waals surface area (Å²) >= 11 is 3.35. The predicted molar refractivity (Wildman–Crippen MR) is 78.8 cm³/mol. The van der Waals surface area contributed by atoms with E-state index in [1.54, 1.807) is 23.3 Å². The molecule has 3 nitrogen and oxygen atoms in total. The Hall–Kier alpha value is -1.33. The highest BCUT2D eigenvalue weighted by atomic mass is 32.2. The molecule has 1 aromatic carbocycles. The molecule has 0 radical (unpaired) electrons. The van der Waals surface area contributed by atoms with Gasteiger partial charge in [-0.1, -0.05) is 30.0 Å². The van der Waals surface area contributed by atoms with Crippen LogP contribution in [0.1, 0.15) is 12.6 Å².